The van der Waals surface area contributed by atoms with Gasteiger partial charge in [0.2, 0.25) is 0 Å². The van der Waals surface area contributed by atoms with Gasteiger partial charge < -0.3 is 24.0 Å². The van der Waals surface area contributed by atoms with Crippen LogP contribution in [0.4, 0.5) is 0 Å². The largest absolute Gasteiger partial charge is 1.00 e. The van der Waals surface area contributed by atoms with Crippen LogP contribution in [0.5, 0.6) is 0 Å². The summed E-state index contributed by atoms with van der Waals surface area (Å²) in [4.78, 5) is 0. The minimum absolute atomic E-state index is 0. The maximum absolute atomic E-state index is 2.24. The highest BCUT2D eigenvalue weighted by molar-refractivity contribution is 5.20. The van der Waals surface area contributed by atoms with Gasteiger partial charge in [-0.05, 0) is 18.9 Å². The fourth-order valence-electron chi connectivity index (χ4n) is 1.71. The summed E-state index contributed by atoms with van der Waals surface area (Å²) in [6.07, 6.45) is 6.02. The summed E-state index contributed by atoms with van der Waals surface area (Å²) in [6, 6.07) is 4.37. The van der Waals surface area contributed by atoms with Crippen LogP contribution in [-0.2, 0) is 19.9 Å². The molecule has 2 heteroatoms. The lowest BCUT2D eigenvalue weighted by Gasteiger charge is -1.94. The van der Waals surface area contributed by atoms with Gasteiger partial charge in [-0.1, -0.05) is 0 Å². The second-order valence-electron chi connectivity index (χ2n) is 2.94. The lowest BCUT2D eigenvalue weighted by Crippen LogP contribution is -3.00. The summed E-state index contributed by atoms with van der Waals surface area (Å²) in [7, 11) is 2.13. The third kappa shape index (κ3) is 1.55. The molecule has 1 aliphatic rings. The standard InChI is InChI=1S/C9H12N.HI/c1-10-7-3-5-8-4-2-6-9(8)10;/h3,5,7H,2,4,6H2,1H3;1H/q+1;/p-1. The van der Waals surface area contributed by atoms with Gasteiger partial charge in [-0.3, -0.25) is 0 Å². The molecule has 60 valence electrons. The number of fused-ring (bicyclic) bond motifs is 1. The van der Waals surface area contributed by atoms with E-state index in [4.69, 9.17) is 0 Å². The van der Waals surface area contributed by atoms with Crippen LogP contribution in [0.25, 0.3) is 0 Å². The SMILES string of the molecule is C[n+]1cccc2c1CCC2.[I-]. The molecule has 0 fully saturated rings. The maximum Gasteiger partial charge on any atom is 0.184 e. The molecule has 0 bridgehead atoms. The Hall–Kier alpha value is -0.120. The third-order valence-electron chi connectivity index (χ3n) is 2.26. The summed E-state index contributed by atoms with van der Waals surface area (Å²) in [6.45, 7) is 0. The second kappa shape index (κ2) is 3.52. The van der Waals surface area contributed by atoms with Gasteiger partial charge in [0.1, 0.15) is 7.05 Å². The molecule has 0 saturated carbocycles. The number of aryl methyl sites for hydroxylation is 2. The quantitative estimate of drug-likeness (QED) is 0.376. The average molecular weight is 261 g/mol. The van der Waals surface area contributed by atoms with Crippen molar-refractivity contribution < 1.29 is 28.5 Å². The van der Waals surface area contributed by atoms with Crippen molar-refractivity contribution in [2.24, 2.45) is 7.05 Å². The Morgan fingerprint density at radius 2 is 2.18 bits per heavy atom. The lowest BCUT2D eigenvalue weighted by molar-refractivity contribution is -0.678. The fraction of sp³-hybridized carbons (Fsp3) is 0.444. The summed E-state index contributed by atoms with van der Waals surface area (Å²) in [5, 5.41) is 0. The predicted molar refractivity (Wildman–Crippen MR) is 39.6 cm³/mol. The van der Waals surface area contributed by atoms with Gasteiger partial charge in [0.15, 0.2) is 11.9 Å². The van der Waals surface area contributed by atoms with Crippen LogP contribution in [0.2, 0.25) is 0 Å². The smallest absolute Gasteiger partial charge is 0.184 e. The topological polar surface area (TPSA) is 3.88 Å². The van der Waals surface area contributed by atoms with E-state index in [-0.39, 0.29) is 24.0 Å². The first-order valence-corrected chi connectivity index (χ1v) is 3.84. The van der Waals surface area contributed by atoms with E-state index in [1.165, 1.54) is 25.0 Å². The first-order chi connectivity index (χ1) is 4.88. The molecule has 2 rings (SSSR count). The molecule has 1 aromatic rings. The molecule has 0 aromatic carbocycles. The van der Waals surface area contributed by atoms with Crippen LogP contribution in [0.3, 0.4) is 0 Å². The summed E-state index contributed by atoms with van der Waals surface area (Å²) in [5.41, 5.74) is 3.08. The van der Waals surface area contributed by atoms with Crippen molar-refractivity contribution in [3.05, 3.63) is 29.6 Å². The molecular weight excluding hydrogens is 249 g/mol. The molecule has 0 N–H and O–H groups in total. The first kappa shape index (κ1) is 8.97. The van der Waals surface area contributed by atoms with Gasteiger partial charge in [-0.25, -0.2) is 4.57 Å². The van der Waals surface area contributed by atoms with E-state index in [9.17, 15) is 0 Å². The zero-order valence-electron chi connectivity index (χ0n) is 6.68. The molecule has 0 spiro atoms. The molecular formula is C9H12IN. The van der Waals surface area contributed by atoms with E-state index in [0.717, 1.165) is 0 Å². The molecule has 11 heavy (non-hydrogen) atoms. The highest BCUT2D eigenvalue weighted by Gasteiger charge is 2.17. The van der Waals surface area contributed by atoms with Crippen LogP contribution in [0.15, 0.2) is 18.3 Å². The normalized spacial score (nSPS) is 13.9. The van der Waals surface area contributed by atoms with Crippen LogP contribution < -0.4 is 28.5 Å². The van der Waals surface area contributed by atoms with Gasteiger partial charge in [-0.15, -0.1) is 0 Å². The number of halogens is 1. The van der Waals surface area contributed by atoms with Crippen molar-refractivity contribution in [2.75, 3.05) is 0 Å². The summed E-state index contributed by atoms with van der Waals surface area (Å²) >= 11 is 0. The zero-order chi connectivity index (χ0) is 6.97. The molecule has 0 radical (unpaired) electrons. The molecule has 0 aliphatic heterocycles. The molecule has 0 atom stereocenters. The van der Waals surface area contributed by atoms with Crippen LogP contribution in [0.1, 0.15) is 17.7 Å². The Balaban J connectivity index is 0.000000605. The summed E-state index contributed by atoms with van der Waals surface area (Å²) < 4.78 is 2.24. The van der Waals surface area contributed by atoms with Crippen molar-refractivity contribution in [1.29, 1.82) is 0 Å². The van der Waals surface area contributed by atoms with Crippen molar-refractivity contribution in [3.63, 3.8) is 0 Å². The maximum atomic E-state index is 2.24. The highest BCUT2D eigenvalue weighted by Crippen LogP contribution is 2.16. The third-order valence-corrected chi connectivity index (χ3v) is 2.26. The second-order valence-corrected chi connectivity index (χ2v) is 2.94. The van der Waals surface area contributed by atoms with E-state index in [2.05, 4.69) is 29.9 Å². The van der Waals surface area contributed by atoms with Gasteiger partial charge in [0.05, 0.1) is 0 Å². The molecule has 0 unspecified atom stereocenters. The minimum atomic E-state index is 0. The van der Waals surface area contributed by atoms with Crippen LogP contribution >= 0.6 is 0 Å². The number of nitrogens with zero attached hydrogens (tertiary/aromatic N) is 1. The van der Waals surface area contributed by atoms with Gasteiger partial charge in [0.25, 0.3) is 0 Å². The average Bonchev–Trinajstić information content (AvgIpc) is 2.36. The van der Waals surface area contributed by atoms with Gasteiger partial charge in [-0.2, -0.15) is 0 Å². The molecule has 0 saturated heterocycles. The van der Waals surface area contributed by atoms with Crippen molar-refractivity contribution in [3.8, 4) is 0 Å². The molecule has 0 amide bonds. The van der Waals surface area contributed by atoms with E-state index in [0.29, 0.717) is 0 Å². The van der Waals surface area contributed by atoms with Gasteiger partial charge >= 0.3 is 0 Å². The number of rotatable bonds is 0. The Morgan fingerprint density at radius 3 is 2.91 bits per heavy atom. The number of hydrogen-bond donors (Lipinski definition) is 0. The monoisotopic (exact) mass is 261 g/mol. The Bertz CT molecular complexity index is 258. The molecule has 1 heterocycles. The number of aromatic nitrogens is 1. The Labute approximate surface area is 84.5 Å². The van der Waals surface area contributed by atoms with Crippen molar-refractivity contribution in [1.82, 2.24) is 0 Å². The van der Waals surface area contributed by atoms with Crippen molar-refractivity contribution >= 4 is 0 Å². The van der Waals surface area contributed by atoms with E-state index in [1.807, 2.05) is 0 Å². The summed E-state index contributed by atoms with van der Waals surface area (Å²) in [5.74, 6) is 0. The Morgan fingerprint density at radius 1 is 1.36 bits per heavy atom. The van der Waals surface area contributed by atoms with Crippen LogP contribution in [0, 0.1) is 0 Å². The fourth-order valence-corrected chi connectivity index (χ4v) is 1.71. The number of pyridine rings is 1. The zero-order valence-corrected chi connectivity index (χ0v) is 8.84. The molecule has 1 aromatic heterocycles. The van der Waals surface area contributed by atoms with Crippen LogP contribution in [-0.4, -0.2) is 0 Å². The van der Waals surface area contributed by atoms with Crippen molar-refractivity contribution in [2.45, 2.75) is 19.3 Å². The molecule has 1 aliphatic carbocycles. The van der Waals surface area contributed by atoms with E-state index >= 15 is 0 Å². The molecule has 1 nitrogen and oxygen atoms in total. The first-order valence-electron chi connectivity index (χ1n) is 3.84. The number of hydrogen-bond acceptors (Lipinski definition) is 0. The van der Waals surface area contributed by atoms with Gasteiger partial charge in [0, 0.05) is 18.1 Å². The predicted octanol–water partition coefficient (Wildman–Crippen LogP) is -2.00. The Kier molecular flexibility index (Phi) is 2.87. The van der Waals surface area contributed by atoms with E-state index < -0.39 is 0 Å². The lowest BCUT2D eigenvalue weighted by atomic mass is 10.2. The highest BCUT2D eigenvalue weighted by atomic mass is 127. The van der Waals surface area contributed by atoms with E-state index in [1.54, 1.807) is 5.56 Å². The minimum Gasteiger partial charge on any atom is -1.00 e.